The van der Waals surface area contributed by atoms with E-state index in [0.29, 0.717) is 18.3 Å². The van der Waals surface area contributed by atoms with E-state index in [-0.39, 0.29) is 11.5 Å². The largest absolute Gasteiger partial charge is 0.394 e. The molecule has 0 bridgehead atoms. The summed E-state index contributed by atoms with van der Waals surface area (Å²) in [7, 11) is -3.47. The molecule has 1 unspecified atom stereocenters. The lowest BCUT2D eigenvalue weighted by molar-refractivity contribution is 0.269. The number of hydrogen-bond acceptors (Lipinski definition) is 5. The Morgan fingerprint density at radius 3 is 3.11 bits per heavy atom. The van der Waals surface area contributed by atoms with Gasteiger partial charge in [-0.05, 0) is 18.6 Å². The van der Waals surface area contributed by atoms with Gasteiger partial charge in [0.25, 0.3) is 0 Å². The number of nitrogens with zero attached hydrogens (tertiary/aromatic N) is 2. The van der Waals surface area contributed by atoms with Gasteiger partial charge in [-0.15, -0.1) is 0 Å². The minimum Gasteiger partial charge on any atom is -0.394 e. The van der Waals surface area contributed by atoms with Gasteiger partial charge in [0.15, 0.2) is 0 Å². The topological polar surface area (TPSA) is 84.2 Å². The summed E-state index contributed by atoms with van der Waals surface area (Å²) >= 11 is 1.81. The Morgan fingerprint density at radius 1 is 1.61 bits per heavy atom. The summed E-state index contributed by atoms with van der Waals surface area (Å²) in [5.74, 6) is 1.11. The monoisotopic (exact) mass is 291 g/mol. The van der Waals surface area contributed by atoms with Gasteiger partial charge in [-0.3, -0.25) is 4.68 Å². The molecule has 1 aromatic heterocycles. The van der Waals surface area contributed by atoms with Crippen LogP contribution >= 0.6 is 11.8 Å². The molecule has 2 N–H and O–H groups in total. The molecule has 2 rings (SSSR count). The fourth-order valence-corrected chi connectivity index (χ4v) is 4.14. The van der Waals surface area contributed by atoms with Gasteiger partial charge in [0, 0.05) is 18.0 Å². The molecule has 1 atom stereocenters. The molecule has 6 nitrogen and oxygen atoms in total. The third-order valence-corrected chi connectivity index (χ3v) is 5.55. The molecule has 1 saturated heterocycles. The van der Waals surface area contributed by atoms with Crippen LogP contribution in [0, 0.1) is 0 Å². The fraction of sp³-hybridized carbons (Fsp3) is 0.700. The van der Waals surface area contributed by atoms with Crippen LogP contribution in [0.15, 0.2) is 17.3 Å². The predicted octanol–water partition coefficient (Wildman–Crippen LogP) is 0.0493. The van der Waals surface area contributed by atoms with Gasteiger partial charge < -0.3 is 5.11 Å². The first-order valence-corrected chi connectivity index (χ1v) is 8.39. The molecule has 1 aromatic rings. The molecule has 8 heteroatoms. The Morgan fingerprint density at radius 2 is 2.44 bits per heavy atom. The van der Waals surface area contributed by atoms with Crippen molar-refractivity contribution in [1.82, 2.24) is 14.5 Å². The van der Waals surface area contributed by atoms with Gasteiger partial charge >= 0.3 is 0 Å². The second kappa shape index (κ2) is 6.05. The van der Waals surface area contributed by atoms with Crippen LogP contribution in [0.3, 0.4) is 0 Å². The molecule has 18 heavy (non-hydrogen) atoms. The van der Waals surface area contributed by atoms with Gasteiger partial charge in [-0.1, -0.05) is 0 Å². The Hall–Kier alpha value is -0.570. The van der Waals surface area contributed by atoms with E-state index in [1.54, 1.807) is 0 Å². The number of aliphatic hydroxyl groups is 1. The lowest BCUT2D eigenvalue weighted by Crippen LogP contribution is -2.29. The Bertz CT molecular complexity index is 480. The van der Waals surface area contributed by atoms with Gasteiger partial charge in [-0.25, -0.2) is 13.1 Å². The number of hydrogen-bond donors (Lipinski definition) is 2. The van der Waals surface area contributed by atoms with Crippen LogP contribution in [0.2, 0.25) is 0 Å². The number of sulfonamides is 1. The number of rotatable bonds is 6. The maximum Gasteiger partial charge on any atom is 0.243 e. The van der Waals surface area contributed by atoms with E-state index in [1.165, 1.54) is 17.1 Å². The Kier molecular flexibility index (Phi) is 4.66. The third kappa shape index (κ3) is 3.47. The summed E-state index contributed by atoms with van der Waals surface area (Å²) in [6, 6.07) is 0. The highest BCUT2D eigenvalue weighted by atomic mass is 32.2. The van der Waals surface area contributed by atoms with Crippen LogP contribution in [0.4, 0.5) is 0 Å². The standard InChI is InChI=1S/C10H17N3O3S2/c14-4-3-13-8-10(7-11-13)18(15,16)12-6-9-2-1-5-17-9/h7-9,12,14H,1-6H2. The van der Waals surface area contributed by atoms with Gasteiger partial charge in [-0.2, -0.15) is 16.9 Å². The maximum atomic E-state index is 12.0. The van der Waals surface area contributed by atoms with Crippen molar-refractivity contribution in [3.63, 3.8) is 0 Å². The minimum absolute atomic E-state index is 0.0622. The molecular weight excluding hydrogens is 274 g/mol. The predicted molar refractivity (Wildman–Crippen MR) is 70.0 cm³/mol. The average molecular weight is 291 g/mol. The van der Waals surface area contributed by atoms with Crippen molar-refractivity contribution in [3.8, 4) is 0 Å². The Balaban J connectivity index is 1.95. The molecule has 102 valence electrons. The molecular formula is C10H17N3O3S2. The van der Waals surface area contributed by atoms with E-state index in [0.717, 1.165) is 18.6 Å². The normalized spacial score (nSPS) is 20.4. The molecule has 0 radical (unpaired) electrons. The van der Waals surface area contributed by atoms with Gasteiger partial charge in [0.05, 0.1) is 19.3 Å². The quantitative estimate of drug-likeness (QED) is 0.773. The first kappa shape index (κ1) is 13.9. The zero-order chi connectivity index (χ0) is 13.0. The highest BCUT2D eigenvalue weighted by molar-refractivity contribution is 8.00. The highest BCUT2D eigenvalue weighted by Gasteiger charge is 2.21. The SMILES string of the molecule is O=S(=O)(NCC1CCCS1)c1cnn(CCO)c1. The number of aromatic nitrogens is 2. The third-order valence-electron chi connectivity index (χ3n) is 2.77. The summed E-state index contributed by atoms with van der Waals surface area (Å²) in [5, 5.41) is 13.0. The second-order valence-corrected chi connectivity index (χ2v) is 7.32. The van der Waals surface area contributed by atoms with E-state index in [2.05, 4.69) is 9.82 Å². The summed E-state index contributed by atoms with van der Waals surface area (Å²) in [6.07, 6.45) is 4.96. The van der Waals surface area contributed by atoms with Crippen LogP contribution in [0.25, 0.3) is 0 Å². The summed E-state index contributed by atoms with van der Waals surface area (Å²) in [4.78, 5) is 0.152. The van der Waals surface area contributed by atoms with Crippen LogP contribution < -0.4 is 4.72 Å². The first-order chi connectivity index (χ1) is 8.62. The van der Waals surface area contributed by atoms with E-state index in [9.17, 15) is 8.42 Å². The van der Waals surface area contributed by atoms with Gasteiger partial charge in [0.1, 0.15) is 4.90 Å². The molecule has 0 amide bonds. The van der Waals surface area contributed by atoms with Crippen LogP contribution in [0.5, 0.6) is 0 Å². The van der Waals surface area contributed by atoms with Crippen molar-refractivity contribution < 1.29 is 13.5 Å². The molecule has 2 heterocycles. The lowest BCUT2D eigenvalue weighted by Gasteiger charge is -2.09. The van der Waals surface area contributed by atoms with Crippen molar-refractivity contribution in [2.75, 3.05) is 18.9 Å². The van der Waals surface area contributed by atoms with E-state index >= 15 is 0 Å². The molecule has 0 aliphatic carbocycles. The highest BCUT2D eigenvalue weighted by Crippen LogP contribution is 2.25. The summed E-state index contributed by atoms with van der Waals surface area (Å²) in [5.41, 5.74) is 0. The maximum absolute atomic E-state index is 12.0. The fourth-order valence-electron chi connectivity index (χ4n) is 1.80. The van der Waals surface area contributed by atoms with E-state index < -0.39 is 10.0 Å². The first-order valence-electron chi connectivity index (χ1n) is 5.86. The zero-order valence-electron chi connectivity index (χ0n) is 9.95. The van der Waals surface area contributed by atoms with E-state index in [4.69, 9.17) is 5.11 Å². The van der Waals surface area contributed by atoms with Gasteiger partial charge in [0.2, 0.25) is 10.0 Å². The van der Waals surface area contributed by atoms with Crippen molar-refractivity contribution >= 4 is 21.8 Å². The molecule has 1 fully saturated rings. The van der Waals surface area contributed by atoms with Crippen LogP contribution in [0.1, 0.15) is 12.8 Å². The Labute approximate surface area is 111 Å². The molecule has 0 saturated carbocycles. The number of thioether (sulfide) groups is 1. The molecule has 0 spiro atoms. The van der Waals surface area contributed by atoms with Crippen molar-refractivity contribution in [3.05, 3.63) is 12.4 Å². The lowest BCUT2D eigenvalue weighted by atomic mass is 10.2. The second-order valence-electron chi connectivity index (χ2n) is 4.15. The van der Waals surface area contributed by atoms with E-state index in [1.807, 2.05) is 11.8 Å². The van der Waals surface area contributed by atoms with Crippen LogP contribution in [-0.2, 0) is 16.6 Å². The summed E-state index contributed by atoms with van der Waals surface area (Å²) < 4.78 is 28.0. The molecule has 0 aromatic carbocycles. The van der Waals surface area contributed by atoms with Crippen molar-refractivity contribution in [1.29, 1.82) is 0 Å². The number of aliphatic hydroxyl groups excluding tert-OH is 1. The van der Waals surface area contributed by atoms with Crippen LogP contribution in [-0.4, -0.2) is 47.5 Å². The summed E-state index contributed by atoms with van der Waals surface area (Å²) in [6.45, 7) is 0.708. The minimum atomic E-state index is -3.47. The van der Waals surface area contributed by atoms with Crippen molar-refractivity contribution in [2.24, 2.45) is 0 Å². The molecule has 1 aliphatic heterocycles. The smallest absolute Gasteiger partial charge is 0.243 e. The average Bonchev–Trinajstić information content (AvgIpc) is 2.98. The number of nitrogens with one attached hydrogen (secondary N) is 1. The zero-order valence-corrected chi connectivity index (χ0v) is 11.6. The molecule has 1 aliphatic rings. The van der Waals surface area contributed by atoms with Crippen molar-refractivity contribution in [2.45, 2.75) is 29.5 Å².